The molecule has 0 radical (unpaired) electrons. The number of nitrogens with zero attached hydrogens (tertiary/aromatic N) is 1. The molecule has 0 aliphatic rings. The second kappa shape index (κ2) is 7.69. The van der Waals surface area contributed by atoms with Gasteiger partial charge in [0.1, 0.15) is 10.8 Å². The second-order valence-corrected chi connectivity index (χ2v) is 6.03. The smallest absolute Gasteiger partial charge is 0.122 e. The molecule has 0 saturated carbocycles. The monoisotopic (exact) mass is 322 g/mol. The number of methoxy groups -OCH3 is 1. The van der Waals surface area contributed by atoms with Gasteiger partial charge in [0.25, 0.3) is 0 Å². The Morgan fingerprint density at radius 1 is 1.38 bits per heavy atom. The van der Waals surface area contributed by atoms with Crippen molar-refractivity contribution in [2.24, 2.45) is 0 Å². The van der Waals surface area contributed by atoms with E-state index < -0.39 is 0 Å². The normalized spacial score (nSPS) is 12.2. The molecule has 0 spiro atoms. The van der Waals surface area contributed by atoms with E-state index in [4.69, 9.17) is 16.3 Å². The molecule has 1 N–H and O–H groups in total. The SMILES string of the molecule is CNC(C)c1ccc(OC)c(CSc2ncccc2Cl)c1. The molecule has 112 valence electrons. The summed E-state index contributed by atoms with van der Waals surface area (Å²) in [5, 5.41) is 4.77. The van der Waals surface area contributed by atoms with E-state index in [0.29, 0.717) is 11.1 Å². The number of thioether (sulfide) groups is 1. The molecule has 1 atom stereocenters. The molecule has 0 bridgehead atoms. The molecule has 0 aliphatic heterocycles. The standard InChI is InChI=1S/C16H19ClN2OS/c1-11(18-2)12-6-7-15(20-3)13(9-12)10-21-16-14(17)5-4-8-19-16/h4-9,11,18H,10H2,1-3H3. The molecule has 21 heavy (non-hydrogen) atoms. The maximum atomic E-state index is 6.14. The van der Waals surface area contributed by atoms with E-state index >= 15 is 0 Å². The Morgan fingerprint density at radius 2 is 2.19 bits per heavy atom. The van der Waals surface area contributed by atoms with Gasteiger partial charge < -0.3 is 10.1 Å². The van der Waals surface area contributed by atoms with Crippen molar-refractivity contribution in [1.29, 1.82) is 0 Å². The van der Waals surface area contributed by atoms with E-state index in [9.17, 15) is 0 Å². The summed E-state index contributed by atoms with van der Waals surface area (Å²) in [6, 6.07) is 10.3. The van der Waals surface area contributed by atoms with Gasteiger partial charge in [-0.15, -0.1) is 11.8 Å². The van der Waals surface area contributed by atoms with Gasteiger partial charge in [0.05, 0.1) is 12.1 Å². The molecule has 0 fully saturated rings. The summed E-state index contributed by atoms with van der Waals surface area (Å²) in [6.45, 7) is 2.13. The molecular formula is C16H19ClN2OS. The van der Waals surface area contributed by atoms with Gasteiger partial charge in [-0.3, -0.25) is 0 Å². The third-order valence-electron chi connectivity index (χ3n) is 3.33. The highest BCUT2D eigenvalue weighted by Crippen LogP contribution is 2.32. The second-order valence-electron chi connectivity index (χ2n) is 4.66. The van der Waals surface area contributed by atoms with Gasteiger partial charge in [0, 0.05) is 23.6 Å². The van der Waals surface area contributed by atoms with E-state index in [1.807, 2.05) is 25.2 Å². The maximum absolute atomic E-state index is 6.14. The van der Waals surface area contributed by atoms with Crippen molar-refractivity contribution in [2.45, 2.75) is 23.7 Å². The van der Waals surface area contributed by atoms with Gasteiger partial charge in [-0.1, -0.05) is 17.7 Å². The third kappa shape index (κ3) is 4.13. The van der Waals surface area contributed by atoms with Gasteiger partial charge in [-0.25, -0.2) is 4.98 Å². The molecule has 1 aromatic carbocycles. The first-order valence-corrected chi connectivity index (χ1v) is 8.09. The minimum atomic E-state index is 0.304. The van der Waals surface area contributed by atoms with Crippen LogP contribution in [0.4, 0.5) is 0 Å². The predicted octanol–water partition coefficient (Wildman–Crippen LogP) is 4.32. The number of ether oxygens (including phenoxy) is 1. The van der Waals surface area contributed by atoms with Crippen LogP contribution in [0.25, 0.3) is 0 Å². The van der Waals surface area contributed by atoms with Crippen LogP contribution in [0.1, 0.15) is 24.1 Å². The molecule has 2 aromatic rings. The molecule has 0 amide bonds. The summed E-state index contributed by atoms with van der Waals surface area (Å²) < 4.78 is 5.45. The molecule has 1 aromatic heterocycles. The Hall–Kier alpha value is -1.23. The molecular weight excluding hydrogens is 304 g/mol. The van der Waals surface area contributed by atoms with Gasteiger partial charge >= 0.3 is 0 Å². The lowest BCUT2D eigenvalue weighted by Crippen LogP contribution is -2.12. The Kier molecular flexibility index (Phi) is 5.91. The maximum Gasteiger partial charge on any atom is 0.122 e. The molecule has 0 aliphatic carbocycles. The van der Waals surface area contributed by atoms with Crippen LogP contribution >= 0.6 is 23.4 Å². The lowest BCUT2D eigenvalue weighted by molar-refractivity contribution is 0.411. The van der Waals surface area contributed by atoms with E-state index in [0.717, 1.165) is 22.1 Å². The van der Waals surface area contributed by atoms with E-state index in [1.54, 1.807) is 25.1 Å². The summed E-state index contributed by atoms with van der Waals surface area (Å²) in [4.78, 5) is 4.30. The quantitative estimate of drug-likeness (QED) is 0.803. The summed E-state index contributed by atoms with van der Waals surface area (Å²) in [7, 11) is 3.65. The largest absolute Gasteiger partial charge is 0.496 e. The van der Waals surface area contributed by atoms with Crippen LogP contribution in [0.3, 0.4) is 0 Å². The molecule has 1 heterocycles. The zero-order valence-electron chi connectivity index (χ0n) is 12.4. The summed E-state index contributed by atoms with van der Waals surface area (Å²) in [6.07, 6.45) is 1.75. The number of rotatable bonds is 6. The number of pyridine rings is 1. The lowest BCUT2D eigenvalue weighted by Gasteiger charge is -2.15. The summed E-state index contributed by atoms with van der Waals surface area (Å²) >= 11 is 7.76. The zero-order chi connectivity index (χ0) is 15.2. The number of benzene rings is 1. The van der Waals surface area contributed by atoms with Crippen molar-refractivity contribution >= 4 is 23.4 Å². The lowest BCUT2D eigenvalue weighted by atomic mass is 10.1. The van der Waals surface area contributed by atoms with Crippen LogP contribution in [0, 0.1) is 0 Å². The molecule has 0 saturated heterocycles. The first-order chi connectivity index (χ1) is 10.2. The van der Waals surface area contributed by atoms with Crippen LogP contribution in [-0.4, -0.2) is 19.1 Å². The minimum Gasteiger partial charge on any atom is -0.496 e. The first-order valence-electron chi connectivity index (χ1n) is 6.73. The van der Waals surface area contributed by atoms with Gasteiger partial charge in [0.15, 0.2) is 0 Å². The average molecular weight is 323 g/mol. The molecule has 3 nitrogen and oxygen atoms in total. The van der Waals surface area contributed by atoms with Crippen LogP contribution < -0.4 is 10.1 Å². The zero-order valence-corrected chi connectivity index (χ0v) is 14.0. The van der Waals surface area contributed by atoms with Crippen molar-refractivity contribution in [1.82, 2.24) is 10.3 Å². The van der Waals surface area contributed by atoms with Crippen LogP contribution in [0.15, 0.2) is 41.6 Å². The molecule has 5 heteroatoms. The van der Waals surface area contributed by atoms with E-state index in [1.165, 1.54) is 5.56 Å². The van der Waals surface area contributed by atoms with Crippen molar-refractivity contribution in [2.75, 3.05) is 14.2 Å². The highest BCUT2D eigenvalue weighted by molar-refractivity contribution is 7.98. The summed E-state index contributed by atoms with van der Waals surface area (Å²) in [5.41, 5.74) is 2.38. The number of hydrogen-bond donors (Lipinski definition) is 1. The average Bonchev–Trinajstić information content (AvgIpc) is 2.53. The van der Waals surface area contributed by atoms with E-state index in [-0.39, 0.29) is 0 Å². The fourth-order valence-electron chi connectivity index (χ4n) is 1.97. The fraction of sp³-hybridized carbons (Fsp3) is 0.312. The van der Waals surface area contributed by atoms with Gasteiger partial charge in [-0.2, -0.15) is 0 Å². The predicted molar refractivity (Wildman–Crippen MR) is 89.3 cm³/mol. The fourth-order valence-corrected chi connectivity index (χ4v) is 3.12. The van der Waals surface area contributed by atoms with Gasteiger partial charge in [-0.05, 0) is 43.8 Å². The van der Waals surface area contributed by atoms with Gasteiger partial charge in [0.2, 0.25) is 0 Å². The topological polar surface area (TPSA) is 34.1 Å². The van der Waals surface area contributed by atoms with Crippen LogP contribution in [-0.2, 0) is 5.75 Å². The first kappa shape index (κ1) is 16.1. The number of nitrogens with one attached hydrogen (secondary N) is 1. The highest BCUT2D eigenvalue weighted by Gasteiger charge is 2.10. The Bertz CT molecular complexity index is 607. The highest BCUT2D eigenvalue weighted by atomic mass is 35.5. The molecule has 1 unspecified atom stereocenters. The van der Waals surface area contributed by atoms with Crippen molar-refractivity contribution < 1.29 is 4.74 Å². The minimum absolute atomic E-state index is 0.304. The van der Waals surface area contributed by atoms with Crippen LogP contribution in [0.5, 0.6) is 5.75 Å². The summed E-state index contributed by atoms with van der Waals surface area (Å²) in [5.74, 6) is 1.66. The Labute approximate surface area is 135 Å². The third-order valence-corrected chi connectivity index (χ3v) is 4.80. The number of halogens is 1. The Balaban J connectivity index is 2.19. The van der Waals surface area contributed by atoms with Crippen molar-refractivity contribution in [3.63, 3.8) is 0 Å². The number of hydrogen-bond acceptors (Lipinski definition) is 4. The van der Waals surface area contributed by atoms with Crippen molar-refractivity contribution in [3.05, 3.63) is 52.7 Å². The van der Waals surface area contributed by atoms with Crippen LogP contribution in [0.2, 0.25) is 5.02 Å². The molecule has 2 rings (SSSR count). The Morgan fingerprint density at radius 3 is 2.86 bits per heavy atom. The van der Waals surface area contributed by atoms with E-state index in [2.05, 4.69) is 29.4 Å². The number of aromatic nitrogens is 1. The van der Waals surface area contributed by atoms with Crippen molar-refractivity contribution in [3.8, 4) is 5.75 Å².